The summed E-state index contributed by atoms with van der Waals surface area (Å²) < 4.78 is 64.6. The van der Waals surface area contributed by atoms with Crippen LogP contribution in [0.3, 0.4) is 0 Å². The van der Waals surface area contributed by atoms with Crippen molar-refractivity contribution >= 4 is 26.0 Å². The van der Waals surface area contributed by atoms with E-state index in [1.54, 1.807) is 6.92 Å². The van der Waals surface area contributed by atoms with Crippen LogP contribution in [0, 0.1) is 0 Å². The molecule has 0 amide bonds. The summed E-state index contributed by atoms with van der Waals surface area (Å²) >= 11 is 3.11. The van der Waals surface area contributed by atoms with Crippen LogP contribution in [0.1, 0.15) is 18.9 Å². The first-order valence-corrected chi connectivity index (χ1v) is 8.07. The van der Waals surface area contributed by atoms with Gasteiger partial charge in [0, 0.05) is 11.4 Å². The van der Waals surface area contributed by atoms with E-state index < -0.39 is 32.7 Å². The number of benzene rings is 1. The van der Waals surface area contributed by atoms with Crippen LogP contribution in [0.25, 0.3) is 0 Å². The van der Waals surface area contributed by atoms with Crippen molar-refractivity contribution in [2.24, 2.45) is 0 Å². The van der Waals surface area contributed by atoms with Crippen LogP contribution >= 0.6 is 15.9 Å². The Balaban J connectivity index is 3.23. The van der Waals surface area contributed by atoms with E-state index >= 15 is 0 Å². The number of alkyl halides is 4. The molecular weight excluding hydrogens is 347 g/mol. The first kappa shape index (κ1) is 16.5. The Morgan fingerprint density at radius 3 is 2.37 bits per heavy atom. The summed E-state index contributed by atoms with van der Waals surface area (Å²) in [5.41, 5.74) is -1.16. The molecule has 0 aliphatic heterocycles. The minimum absolute atomic E-state index is 0.330. The lowest BCUT2D eigenvalue weighted by Gasteiger charge is -2.17. The van der Waals surface area contributed by atoms with Crippen molar-refractivity contribution in [3.05, 3.63) is 29.8 Å². The van der Waals surface area contributed by atoms with Gasteiger partial charge in [-0.2, -0.15) is 13.2 Å². The first-order chi connectivity index (χ1) is 8.72. The van der Waals surface area contributed by atoms with Crippen molar-refractivity contribution < 1.29 is 21.6 Å². The summed E-state index contributed by atoms with van der Waals surface area (Å²) in [6.07, 6.45) is -4.24. The second-order valence-corrected chi connectivity index (χ2v) is 6.20. The third-order valence-corrected chi connectivity index (χ3v) is 4.84. The molecule has 108 valence electrons. The van der Waals surface area contributed by atoms with Crippen molar-refractivity contribution in [3.63, 3.8) is 0 Å². The van der Waals surface area contributed by atoms with Gasteiger partial charge in [0.25, 0.3) is 0 Å². The van der Waals surface area contributed by atoms with E-state index in [9.17, 15) is 21.6 Å². The standard InChI is InChI=1S/C11H13BrF3NO2S/c1-2-8(7-12)16-19(17,18)10-6-4-3-5-9(10)11(13,14)15/h3-6,8,16H,2,7H2,1H3. The monoisotopic (exact) mass is 359 g/mol. The quantitative estimate of drug-likeness (QED) is 0.820. The van der Waals surface area contributed by atoms with Crippen LogP contribution in [0.15, 0.2) is 29.2 Å². The highest BCUT2D eigenvalue weighted by atomic mass is 79.9. The molecule has 0 fully saturated rings. The van der Waals surface area contributed by atoms with Gasteiger partial charge in [-0.05, 0) is 18.6 Å². The average Bonchev–Trinajstić information content (AvgIpc) is 2.35. The zero-order chi connectivity index (χ0) is 14.7. The van der Waals surface area contributed by atoms with Gasteiger partial charge < -0.3 is 0 Å². The summed E-state index contributed by atoms with van der Waals surface area (Å²) in [5, 5.41) is 0.330. The minimum atomic E-state index is -4.71. The molecule has 19 heavy (non-hydrogen) atoms. The number of hydrogen-bond donors (Lipinski definition) is 1. The lowest BCUT2D eigenvalue weighted by atomic mass is 10.2. The fourth-order valence-electron chi connectivity index (χ4n) is 1.44. The van der Waals surface area contributed by atoms with Gasteiger partial charge in [-0.15, -0.1) is 0 Å². The van der Waals surface area contributed by atoms with E-state index in [4.69, 9.17) is 0 Å². The average molecular weight is 360 g/mol. The molecule has 1 atom stereocenters. The van der Waals surface area contributed by atoms with E-state index in [0.29, 0.717) is 11.8 Å². The molecule has 0 saturated carbocycles. The Kier molecular flexibility index (Phi) is 5.40. The molecule has 1 aromatic rings. The topological polar surface area (TPSA) is 46.2 Å². The number of halogens is 4. The summed E-state index contributed by atoms with van der Waals surface area (Å²) in [6.45, 7) is 1.74. The molecular formula is C11H13BrF3NO2S. The van der Waals surface area contributed by atoms with Crippen molar-refractivity contribution in [2.45, 2.75) is 30.5 Å². The third-order valence-electron chi connectivity index (χ3n) is 2.48. The lowest BCUT2D eigenvalue weighted by Crippen LogP contribution is -2.36. The third kappa shape index (κ3) is 4.19. The largest absolute Gasteiger partial charge is 0.417 e. The number of rotatable bonds is 5. The predicted octanol–water partition coefficient (Wildman–Crippen LogP) is 3.16. The Bertz CT molecular complexity index is 527. The maximum atomic E-state index is 12.8. The SMILES string of the molecule is CCC(CBr)NS(=O)(=O)c1ccccc1C(F)(F)F. The molecule has 0 aliphatic rings. The fraction of sp³-hybridized carbons (Fsp3) is 0.455. The summed E-state index contributed by atoms with van der Waals surface area (Å²) in [5.74, 6) is 0. The Morgan fingerprint density at radius 2 is 1.89 bits per heavy atom. The van der Waals surface area contributed by atoms with E-state index in [0.717, 1.165) is 18.2 Å². The summed E-state index contributed by atoms with van der Waals surface area (Å²) in [6, 6.07) is 3.67. The summed E-state index contributed by atoms with van der Waals surface area (Å²) in [7, 11) is -4.20. The van der Waals surface area contributed by atoms with E-state index in [1.807, 2.05) is 0 Å². The lowest BCUT2D eigenvalue weighted by molar-refractivity contribution is -0.139. The molecule has 1 aromatic carbocycles. The van der Waals surface area contributed by atoms with Crippen LogP contribution in [0.4, 0.5) is 13.2 Å². The Morgan fingerprint density at radius 1 is 1.32 bits per heavy atom. The molecule has 0 aromatic heterocycles. The normalized spacial score (nSPS) is 14.4. The number of sulfonamides is 1. The van der Waals surface area contributed by atoms with Crippen LogP contribution in [0.5, 0.6) is 0 Å². The highest BCUT2D eigenvalue weighted by molar-refractivity contribution is 9.09. The van der Waals surface area contributed by atoms with Gasteiger partial charge in [0.05, 0.1) is 10.5 Å². The molecule has 1 rings (SSSR count). The molecule has 0 spiro atoms. The molecule has 1 unspecified atom stereocenters. The molecule has 0 bridgehead atoms. The highest BCUT2D eigenvalue weighted by Crippen LogP contribution is 2.33. The first-order valence-electron chi connectivity index (χ1n) is 5.47. The molecule has 1 N–H and O–H groups in total. The molecule has 0 heterocycles. The van der Waals surface area contributed by atoms with E-state index in [2.05, 4.69) is 20.7 Å². The van der Waals surface area contributed by atoms with Crippen molar-refractivity contribution in [1.82, 2.24) is 4.72 Å². The van der Waals surface area contributed by atoms with Crippen molar-refractivity contribution in [2.75, 3.05) is 5.33 Å². The summed E-state index contributed by atoms with van der Waals surface area (Å²) in [4.78, 5) is -0.748. The van der Waals surface area contributed by atoms with Gasteiger partial charge in [-0.3, -0.25) is 0 Å². The number of nitrogens with one attached hydrogen (secondary N) is 1. The van der Waals surface area contributed by atoms with E-state index in [-0.39, 0.29) is 0 Å². The number of hydrogen-bond acceptors (Lipinski definition) is 2. The predicted molar refractivity (Wildman–Crippen MR) is 69.6 cm³/mol. The fourth-order valence-corrected chi connectivity index (χ4v) is 3.82. The Hall–Kier alpha value is -0.600. The molecule has 0 aliphatic carbocycles. The van der Waals surface area contributed by atoms with Gasteiger partial charge in [0.1, 0.15) is 0 Å². The van der Waals surface area contributed by atoms with Crippen molar-refractivity contribution in [1.29, 1.82) is 0 Å². The van der Waals surface area contributed by atoms with Crippen LogP contribution in [0.2, 0.25) is 0 Å². The minimum Gasteiger partial charge on any atom is -0.207 e. The second-order valence-electron chi connectivity index (χ2n) is 3.87. The molecule has 0 saturated heterocycles. The molecule has 8 heteroatoms. The van der Waals surface area contributed by atoms with Gasteiger partial charge in [-0.1, -0.05) is 35.0 Å². The van der Waals surface area contributed by atoms with Gasteiger partial charge in [-0.25, -0.2) is 13.1 Å². The van der Waals surface area contributed by atoms with Crippen LogP contribution in [-0.4, -0.2) is 19.8 Å². The van der Waals surface area contributed by atoms with Gasteiger partial charge in [0.15, 0.2) is 0 Å². The highest BCUT2D eigenvalue weighted by Gasteiger charge is 2.37. The maximum Gasteiger partial charge on any atom is 0.417 e. The van der Waals surface area contributed by atoms with Gasteiger partial charge in [0.2, 0.25) is 10.0 Å². The van der Waals surface area contributed by atoms with E-state index in [1.165, 1.54) is 6.07 Å². The molecule has 3 nitrogen and oxygen atoms in total. The maximum absolute atomic E-state index is 12.8. The van der Waals surface area contributed by atoms with Crippen molar-refractivity contribution in [3.8, 4) is 0 Å². The van der Waals surface area contributed by atoms with Gasteiger partial charge >= 0.3 is 6.18 Å². The second kappa shape index (κ2) is 6.23. The molecule has 0 radical (unpaired) electrons. The van der Waals surface area contributed by atoms with Crippen LogP contribution < -0.4 is 4.72 Å². The Labute approximate surface area is 118 Å². The smallest absolute Gasteiger partial charge is 0.207 e. The van der Waals surface area contributed by atoms with Crippen LogP contribution in [-0.2, 0) is 16.2 Å². The zero-order valence-electron chi connectivity index (χ0n) is 10.0. The zero-order valence-corrected chi connectivity index (χ0v) is 12.4.